The second-order valence-electron chi connectivity index (χ2n) is 9.93. The first-order valence-corrected chi connectivity index (χ1v) is 13.3. The van der Waals surface area contributed by atoms with E-state index in [1.165, 1.54) is 12.1 Å². The fourth-order valence-electron chi connectivity index (χ4n) is 5.51. The number of ether oxygens (including phenoxy) is 1. The summed E-state index contributed by atoms with van der Waals surface area (Å²) in [4.78, 5) is 20.7. The van der Waals surface area contributed by atoms with Gasteiger partial charge in [-0.05, 0) is 74.4 Å². The minimum Gasteiger partial charge on any atom is -0.497 e. The average Bonchev–Trinajstić information content (AvgIpc) is 2.93. The Hall–Kier alpha value is -3.48. The van der Waals surface area contributed by atoms with E-state index in [0.717, 1.165) is 36.5 Å². The number of methoxy groups -OCH3 is 1. The number of anilines is 1. The van der Waals surface area contributed by atoms with E-state index in [0.29, 0.717) is 23.8 Å². The monoisotopic (exact) mass is 515 g/mol. The molecule has 3 aromatic carbocycles. The van der Waals surface area contributed by atoms with Crippen molar-refractivity contribution >= 4 is 11.6 Å². The summed E-state index contributed by atoms with van der Waals surface area (Å²) in [7, 11) is 1.67. The molecule has 0 saturated carbocycles. The summed E-state index contributed by atoms with van der Waals surface area (Å²) >= 11 is 0. The van der Waals surface area contributed by atoms with Gasteiger partial charge in [0, 0.05) is 49.5 Å². The Kier molecular flexibility index (Phi) is 8.97. The van der Waals surface area contributed by atoms with Crippen molar-refractivity contribution in [3.63, 3.8) is 0 Å². The highest BCUT2D eigenvalue weighted by Gasteiger charge is 2.36. The van der Waals surface area contributed by atoms with Gasteiger partial charge in [0.05, 0.1) is 13.2 Å². The number of halogens is 1. The van der Waals surface area contributed by atoms with E-state index in [-0.39, 0.29) is 23.8 Å². The summed E-state index contributed by atoms with van der Waals surface area (Å²) in [6.07, 6.45) is 1.96. The Morgan fingerprint density at radius 2 is 1.82 bits per heavy atom. The number of hydrogen-bond acceptors (Lipinski definition) is 4. The molecule has 0 unspecified atom stereocenters. The molecule has 1 heterocycles. The summed E-state index contributed by atoms with van der Waals surface area (Å²) < 4.78 is 19.2. The van der Waals surface area contributed by atoms with Crippen molar-refractivity contribution in [2.75, 3.05) is 38.2 Å². The van der Waals surface area contributed by atoms with Crippen molar-refractivity contribution < 1.29 is 13.9 Å². The zero-order valence-electron chi connectivity index (χ0n) is 22.8. The number of hydrogen-bond donors (Lipinski definition) is 0. The largest absolute Gasteiger partial charge is 0.497 e. The Morgan fingerprint density at radius 1 is 1.08 bits per heavy atom. The van der Waals surface area contributed by atoms with Crippen molar-refractivity contribution in [2.45, 2.75) is 38.9 Å². The SMILES string of the molecule is C=CCN1C[C@H](C)N([C@H](c2cccc(OC)c2)c2ccccc2C(=O)N(CC)c2ccc(F)cc2)C[C@H]1C. The lowest BCUT2D eigenvalue weighted by molar-refractivity contribution is 0.0304. The van der Waals surface area contributed by atoms with Crippen molar-refractivity contribution in [1.29, 1.82) is 0 Å². The fraction of sp³-hybridized carbons (Fsp3) is 0.344. The van der Waals surface area contributed by atoms with Gasteiger partial charge in [0.1, 0.15) is 11.6 Å². The Labute approximate surface area is 226 Å². The maximum absolute atomic E-state index is 14.1. The molecule has 6 heteroatoms. The first kappa shape index (κ1) is 27.6. The Bertz CT molecular complexity index is 1250. The van der Waals surface area contributed by atoms with E-state index in [9.17, 15) is 9.18 Å². The number of benzene rings is 3. The second-order valence-corrected chi connectivity index (χ2v) is 9.93. The lowest BCUT2D eigenvalue weighted by atomic mass is 9.90. The molecule has 1 saturated heterocycles. The normalized spacial score (nSPS) is 19.1. The zero-order valence-corrected chi connectivity index (χ0v) is 22.8. The molecule has 1 fully saturated rings. The number of piperazine rings is 1. The standard InChI is InChI=1S/C32H38FN3O2/c1-6-19-34-21-24(4)36(22-23(34)3)31(25-11-10-12-28(20-25)38-5)29-13-8-9-14-30(29)32(37)35(7-2)27-17-15-26(33)16-18-27/h6,8-18,20,23-24,31H,1,7,19,21-22H2,2-5H3/t23-,24+,31-/m1/s1. The summed E-state index contributed by atoms with van der Waals surface area (Å²) in [6.45, 7) is 13.4. The quantitative estimate of drug-likeness (QED) is 0.319. The van der Waals surface area contributed by atoms with Crippen LogP contribution in [0.5, 0.6) is 5.75 Å². The van der Waals surface area contributed by atoms with Crippen LogP contribution in [-0.2, 0) is 0 Å². The average molecular weight is 516 g/mol. The van der Waals surface area contributed by atoms with E-state index in [2.05, 4.69) is 48.4 Å². The number of nitrogens with zero attached hydrogens (tertiary/aromatic N) is 3. The molecule has 3 aromatic rings. The molecule has 0 aromatic heterocycles. The van der Waals surface area contributed by atoms with Gasteiger partial charge in [0.25, 0.3) is 5.91 Å². The highest BCUT2D eigenvalue weighted by molar-refractivity contribution is 6.07. The van der Waals surface area contributed by atoms with Crippen LogP contribution in [0.4, 0.5) is 10.1 Å². The van der Waals surface area contributed by atoms with Crippen LogP contribution in [0.15, 0.2) is 85.5 Å². The van der Waals surface area contributed by atoms with Crippen LogP contribution < -0.4 is 9.64 Å². The minimum atomic E-state index is -0.325. The lowest BCUT2D eigenvalue weighted by Gasteiger charge is -2.47. The van der Waals surface area contributed by atoms with Gasteiger partial charge < -0.3 is 9.64 Å². The molecule has 0 bridgehead atoms. The van der Waals surface area contributed by atoms with Gasteiger partial charge in [-0.3, -0.25) is 14.6 Å². The van der Waals surface area contributed by atoms with E-state index in [1.54, 1.807) is 24.1 Å². The predicted octanol–water partition coefficient (Wildman–Crippen LogP) is 6.17. The molecule has 1 amide bonds. The maximum Gasteiger partial charge on any atom is 0.258 e. The van der Waals surface area contributed by atoms with E-state index in [1.807, 2.05) is 43.3 Å². The predicted molar refractivity (Wildman–Crippen MR) is 152 cm³/mol. The van der Waals surface area contributed by atoms with E-state index < -0.39 is 0 Å². The molecule has 1 aliphatic heterocycles. The fourth-order valence-corrected chi connectivity index (χ4v) is 5.51. The molecule has 0 aliphatic carbocycles. The maximum atomic E-state index is 14.1. The van der Waals surface area contributed by atoms with Crippen molar-refractivity contribution in [1.82, 2.24) is 9.80 Å². The van der Waals surface area contributed by atoms with Crippen LogP contribution in [0.25, 0.3) is 0 Å². The minimum absolute atomic E-state index is 0.103. The third-order valence-corrected chi connectivity index (χ3v) is 7.45. The summed E-state index contributed by atoms with van der Waals surface area (Å²) in [5.41, 5.74) is 3.33. The number of rotatable bonds is 9. The number of carbonyl (C=O) groups is 1. The smallest absolute Gasteiger partial charge is 0.258 e. The van der Waals surface area contributed by atoms with Crippen LogP contribution in [0.1, 0.15) is 48.3 Å². The molecule has 5 nitrogen and oxygen atoms in total. The molecule has 0 N–H and O–H groups in total. The van der Waals surface area contributed by atoms with E-state index >= 15 is 0 Å². The van der Waals surface area contributed by atoms with Crippen molar-refractivity contribution in [3.8, 4) is 5.75 Å². The highest BCUT2D eigenvalue weighted by Crippen LogP contribution is 2.37. The number of carbonyl (C=O) groups excluding carboxylic acids is 1. The van der Waals surface area contributed by atoms with E-state index in [4.69, 9.17) is 4.74 Å². The topological polar surface area (TPSA) is 36.0 Å². The van der Waals surface area contributed by atoms with Gasteiger partial charge in [-0.1, -0.05) is 36.4 Å². The summed E-state index contributed by atoms with van der Waals surface area (Å²) in [6, 6.07) is 22.5. The molecule has 4 rings (SSSR count). The molecular formula is C32H38FN3O2. The lowest BCUT2D eigenvalue weighted by Crippen LogP contribution is -2.57. The zero-order chi connectivity index (χ0) is 27.2. The van der Waals surface area contributed by atoms with Gasteiger partial charge in [-0.25, -0.2) is 4.39 Å². The van der Waals surface area contributed by atoms with Gasteiger partial charge in [0.15, 0.2) is 0 Å². The summed E-state index contributed by atoms with van der Waals surface area (Å²) in [5.74, 6) is 0.354. The molecular weight excluding hydrogens is 477 g/mol. The van der Waals surface area contributed by atoms with Crippen LogP contribution >= 0.6 is 0 Å². The molecule has 1 aliphatic rings. The number of amides is 1. The van der Waals surface area contributed by atoms with Crippen molar-refractivity contribution in [3.05, 3.63) is 108 Å². The third kappa shape index (κ3) is 5.82. The van der Waals surface area contributed by atoms with Crippen LogP contribution in [0, 0.1) is 5.82 Å². The van der Waals surface area contributed by atoms with Crippen LogP contribution in [0.2, 0.25) is 0 Å². The van der Waals surface area contributed by atoms with Crippen LogP contribution in [0.3, 0.4) is 0 Å². The molecule has 0 spiro atoms. The molecule has 0 radical (unpaired) electrons. The summed E-state index contributed by atoms with van der Waals surface area (Å²) in [5, 5.41) is 0. The third-order valence-electron chi connectivity index (χ3n) is 7.45. The highest BCUT2D eigenvalue weighted by atomic mass is 19.1. The second kappa shape index (κ2) is 12.4. The Morgan fingerprint density at radius 3 is 2.50 bits per heavy atom. The molecule has 3 atom stereocenters. The molecule has 200 valence electrons. The van der Waals surface area contributed by atoms with Gasteiger partial charge in [-0.2, -0.15) is 0 Å². The van der Waals surface area contributed by atoms with Crippen molar-refractivity contribution in [2.24, 2.45) is 0 Å². The van der Waals surface area contributed by atoms with Gasteiger partial charge in [0.2, 0.25) is 0 Å². The first-order valence-electron chi connectivity index (χ1n) is 13.3. The first-order chi connectivity index (χ1) is 18.4. The Balaban J connectivity index is 1.81. The van der Waals surface area contributed by atoms with Crippen LogP contribution in [-0.4, -0.2) is 61.1 Å². The van der Waals surface area contributed by atoms with Gasteiger partial charge >= 0.3 is 0 Å². The molecule has 38 heavy (non-hydrogen) atoms. The van der Waals surface area contributed by atoms with Gasteiger partial charge in [-0.15, -0.1) is 6.58 Å².